The van der Waals surface area contributed by atoms with Crippen molar-refractivity contribution < 1.29 is 9.53 Å². The van der Waals surface area contributed by atoms with Crippen LogP contribution < -0.4 is 0 Å². The molecule has 0 aromatic carbocycles. The van der Waals surface area contributed by atoms with Crippen LogP contribution in [-0.4, -0.2) is 43.0 Å². The monoisotopic (exact) mass is 387 g/mol. The zero-order valence-corrected chi connectivity index (χ0v) is 17.5. The van der Waals surface area contributed by atoms with Crippen molar-refractivity contribution in [2.45, 2.75) is 40.2 Å². The summed E-state index contributed by atoms with van der Waals surface area (Å²) in [5, 5.41) is 0. The van der Waals surface area contributed by atoms with Crippen molar-refractivity contribution in [2.75, 3.05) is 26.3 Å². The second-order valence-corrected chi connectivity index (χ2v) is 10.2. The van der Waals surface area contributed by atoms with Crippen molar-refractivity contribution in [1.82, 2.24) is 4.90 Å². The molecule has 1 fully saturated rings. The molecule has 0 radical (unpaired) electrons. The van der Waals surface area contributed by atoms with Gasteiger partial charge in [-0.05, 0) is 56.5 Å². The largest absolute Gasteiger partial charge is 0.379 e. The highest BCUT2D eigenvalue weighted by Crippen LogP contribution is 2.45. The van der Waals surface area contributed by atoms with Gasteiger partial charge in [0.25, 0.3) is 0 Å². The van der Waals surface area contributed by atoms with Crippen LogP contribution in [0.1, 0.15) is 37.1 Å². The van der Waals surface area contributed by atoms with E-state index in [2.05, 4.69) is 44.7 Å². The average Bonchev–Trinajstić information content (AvgIpc) is 3.22. The van der Waals surface area contributed by atoms with E-state index < -0.39 is 0 Å². The molecule has 1 atom stereocenters. The van der Waals surface area contributed by atoms with Crippen LogP contribution in [0.15, 0.2) is 12.1 Å². The Hall–Kier alpha value is -1.27. The van der Waals surface area contributed by atoms with Gasteiger partial charge in [0.2, 0.25) is 0 Å². The molecule has 5 heteroatoms. The fourth-order valence-electron chi connectivity index (χ4n) is 4.28. The second-order valence-electron chi connectivity index (χ2n) is 7.23. The molecule has 0 saturated carbocycles. The number of carbonyl (C=O) groups is 1. The lowest BCUT2D eigenvalue weighted by molar-refractivity contribution is -0.114. The third kappa shape index (κ3) is 3.11. The van der Waals surface area contributed by atoms with Gasteiger partial charge in [0.15, 0.2) is 5.78 Å². The molecule has 0 spiro atoms. The minimum absolute atomic E-state index is 0.175. The Morgan fingerprint density at radius 3 is 2.08 bits per heavy atom. The molecule has 138 valence electrons. The molecule has 0 amide bonds. The molecule has 26 heavy (non-hydrogen) atoms. The van der Waals surface area contributed by atoms with Gasteiger partial charge in [-0.3, -0.25) is 9.69 Å². The van der Waals surface area contributed by atoms with Crippen molar-refractivity contribution >= 4 is 39.6 Å². The highest BCUT2D eigenvalue weighted by molar-refractivity contribution is 7.12. The zero-order chi connectivity index (χ0) is 18.4. The molecule has 2 aromatic heterocycles. The standard InChI is InChI=1S/C21H25NO2S2/c1-12-9-16(14(3)25-12)20-18(22-5-7-24-8-6-22)11-19(23)21(20)17-10-13(2)26-15(17)4/h9-10,18H,5-8,11H2,1-4H3. The summed E-state index contributed by atoms with van der Waals surface area (Å²) >= 11 is 3.61. The number of aryl methyl sites for hydroxylation is 4. The maximum absolute atomic E-state index is 13.2. The van der Waals surface area contributed by atoms with Crippen LogP contribution in [0.25, 0.3) is 11.1 Å². The van der Waals surface area contributed by atoms with Gasteiger partial charge in [0.05, 0.1) is 13.2 Å². The number of nitrogens with zero attached hydrogens (tertiary/aromatic N) is 1. The Bertz CT molecular complexity index is 884. The Morgan fingerprint density at radius 2 is 1.54 bits per heavy atom. The third-order valence-electron chi connectivity index (χ3n) is 5.39. The molecule has 1 aliphatic heterocycles. The lowest BCUT2D eigenvalue weighted by Gasteiger charge is -2.33. The number of hydrogen-bond acceptors (Lipinski definition) is 5. The van der Waals surface area contributed by atoms with Gasteiger partial charge in [0.1, 0.15) is 0 Å². The van der Waals surface area contributed by atoms with Crippen LogP contribution in [0.3, 0.4) is 0 Å². The lowest BCUT2D eigenvalue weighted by atomic mass is 9.94. The van der Waals surface area contributed by atoms with E-state index in [4.69, 9.17) is 4.74 Å². The molecule has 4 rings (SSSR count). The number of ether oxygens (including phenoxy) is 1. The molecule has 0 N–H and O–H groups in total. The first-order valence-corrected chi connectivity index (χ1v) is 10.8. The highest BCUT2D eigenvalue weighted by Gasteiger charge is 2.39. The number of rotatable bonds is 3. The SMILES string of the molecule is Cc1cc(C2=C(c3cc(C)sc3C)C(N3CCOCC3)CC2=O)c(C)s1. The van der Waals surface area contributed by atoms with Crippen molar-refractivity contribution in [2.24, 2.45) is 0 Å². The zero-order valence-electron chi connectivity index (χ0n) is 15.8. The molecule has 1 unspecified atom stereocenters. The van der Waals surface area contributed by atoms with Crippen LogP contribution >= 0.6 is 22.7 Å². The summed E-state index contributed by atoms with van der Waals surface area (Å²) < 4.78 is 5.55. The van der Waals surface area contributed by atoms with Gasteiger partial charge in [0, 0.05) is 50.6 Å². The number of hydrogen-bond donors (Lipinski definition) is 0. The van der Waals surface area contributed by atoms with Crippen LogP contribution in [0, 0.1) is 27.7 Å². The number of allylic oxidation sites excluding steroid dienone is 1. The Morgan fingerprint density at radius 1 is 0.962 bits per heavy atom. The number of carbonyl (C=O) groups excluding carboxylic acids is 1. The molecule has 1 saturated heterocycles. The van der Waals surface area contributed by atoms with E-state index in [0.29, 0.717) is 12.2 Å². The predicted molar refractivity (Wildman–Crippen MR) is 110 cm³/mol. The van der Waals surface area contributed by atoms with Gasteiger partial charge in [-0.2, -0.15) is 0 Å². The molecule has 0 bridgehead atoms. The summed E-state index contributed by atoms with van der Waals surface area (Å²) in [4.78, 5) is 20.8. The topological polar surface area (TPSA) is 29.5 Å². The molecular weight excluding hydrogens is 362 g/mol. The maximum atomic E-state index is 13.2. The van der Waals surface area contributed by atoms with Crippen LogP contribution in [0.4, 0.5) is 0 Å². The van der Waals surface area contributed by atoms with Gasteiger partial charge in [-0.25, -0.2) is 0 Å². The first-order chi connectivity index (χ1) is 12.5. The Labute approximate surface area is 163 Å². The summed E-state index contributed by atoms with van der Waals surface area (Å²) in [5.74, 6) is 0.292. The minimum atomic E-state index is 0.175. The third-order valence-corrected chi connectivity index (χ3v) is 7.32. The molecule has 3 nitrogen and oxygen atoms in total. The maximum Gasteiger partial charge on any atom is 0.165 e. The van der Waals surface area contributed by atoms with E-state index in [1.807, 2.05) is 11.3 Å². The molecule has 2 aliphatic rings. The van der Waals surface area contributed by atoms with E-state index in [-0.39, 0.29) is 6.04 Å². The minimum Gasteiger partial charge on any atom is -0.379 e. The molecular formula is C21H25NO2S2. The van der Waals surface area contributed by atoms with Crippen LogP contribution in [0.2, 0.25) is 0 Å². The smallest absolute Gasteiger partial charge is 0.165 e. The van der Waals surface area contributed by atoms with E-state index in [0.717, 1.165) is 37.4 Å². The second kappa shape index (κ2) is 7.04. The first kappa shape index (κ1) is 18.1. The predicted octanol–water partition coefficient (Wildman–Crippen LogP) is 4.63. The van der Waals surface area contributed by atoms with Crippen molar-refractivity contribution in [3.8, 4) is 0 Å². The number of Topliss-reactive ketones (excluding diaryl/α,β-unsaturated/α-hetero) is 1. The van der Waals surface area contributed by atoms with E-state index in [1.54, 1.807) is 11.3 Å². The summed E-state index contributed by atoms with van der Waals surface area (Å²) in [5.41, 5.74) is 4.63. The Balaban J connectivity index is 1.91. The van der Waals surface area contributed by atoms with Gasteiger partial charge in [-0.1, -0.05) is 0 Å². The molecule has 2 aromatic rings. The van der Waals surface area contributed by atoms with Crippen molar-refractivity contribution in [1.29, 1.82) is 0 Å². The van der Waals surface area contributed by atoms with Crippen LogP contribution in [0.5, 0.6) is 0 Å². The van der Waals surface area contributed by atoms with Crippen molar-refractivity contribution in [3.63, 3.8) is 0 Å². The summed E-state index contributed by atoms with van der Waals surface area (Å²) in [6.45, 7) is 11.9. The number of thiophene rings is 2. The summed E-state index contributed by atoms with van der Waals surface area (Å²) in [6, 6.07) is 4.65. The van der Waals surface area contributed by atoms with Gasteiger partial charge < -0.3 is 4.74 Å². The average molecular weight is 388 g/mol. The van der Waals surface area contributed by atoms with Crippen LogP contribution in [-0.2, 0) is 9.53 Å². The normalized spacial score (nSPS) is 21.8. The number of ketones is 1. The fourth-order valence-corrected chi connectivity index (χ4v) is 6.15. The molecule has 3 heterocycles. The Kier molecular flexibility index (Phi) is 4.90. The highest BCUT2D eigenvalue weighted by atomic mass is 32.1. The summed E-state index contributed by atoms with van der Waals surface area (Å²) in [6.07, 6.45) is 0.591. The van der Waals surface area contributed by atoms with E-state index >= 15 is 0 Å². The van der Waals surface area contributed by atoms with E-state index in [1.165, 1.54) is 30.6 Å². The quantitative estimate of drug-likeness (QED) is 0.769. The summed E-state index contributed by atoms with van der Waals surface area (Å²) in [7, 11) is 0. The van der Waals surface area contributed by atoms with Crippen molar-refractivity contribution in [3.05, 3.63) is 42.8 Å². The van der Waals surface area contributed by atoms with Gasteiger partial charge >= 0.3 is 0 Å². The lowest BCUT2D eigenvalue weighted by Crippen LogP contribution is -2.43. The van der Waals surface area contributed by atoms with Gasteiger partial charge in [-0.15, -0.1) is 22.7 Å². The fraction of sp³-hybridized carbons (Fsp3) is 0.476. The van der Waals surface area contributed by atoms with E-state index in [9.17, 15) is 4.79 Å². The molecule has 1 aliphatic carbocycles. The number of morpholine rings is 1. The first-order valence-electron chi connectivity index (χ1n) is 9.19.